The van der Waals surface area contributed by atoms with E-state index in [1.165, 1.54) is 26.6 Å². The van der Waals surface area contributed by atoms with Crippen molar-refractivity contribution in [3.8, 4) is 22.4 Å². The number of rotatable bonds is 2. The number of para-hydroxylation sites is 1. The average Bonchev–Trinajstić information content (AvgIpc) is 3.32. The van der Waals surface area contributed by atoms with Crippen molar-refractivity contribution < 1.29 is 0 Å². The van der Waals surface area contributed by atoms with E-state index in [4.69, 9.17) is 9.97 Å². The van der Waals surface area contributed by atoms with E-state index in [1.807, 2.05) is 24.5 Å². The smallest absolute Gasteiger partial charge is 0.235 e. The highest BCUT2D eigenvalue weighted by molar-refractivity contribution is 7.26. The van der Waals surface area contributed by atoms with Crippen molar-refractivity contribution in [2.75, 3.05) is 4.90 Å². The molecule has 4 aromatic carbocycles. The standard InChI is InChI=1S/C31H18N4S/c1-3-12-24-21(9-1)22-11-5-7-19-8-6-13-25(27(19)22)35(24)31-33-28(20-15-17-32-18-16-20)30-29(34-31)23-10-2-4-14-26(23)36-30/h1-18H. The van der Waals surface area contributed by atoms with E-state index in [-0.39, 0.29) is 0 Å². The molecule has 0 bridgehead atoms. The fourth-order valence-electron chi connectivity index (χ4n) is 5.36. The Kier molecular flexibility index (Phi) is 4.07. The van der Waals surface area contributed by atoms with Crippen LogP contribution in [0, 0.1) is 0 Å². The van der Waals surface area contributed by atoms with Gasteiger partial charge in [-0.1, -0.05) is 66.7 Å². The Bertz CT molecular complexity index is 1950. The van der Waals surface area contributed by atoms with Gasteiger partial charge in [-0.05, 0) is 41.3 Å². The monoisotopic (exact) mass is 478 g/mol. The van der Waals surface area contributed by atoms with Gasteiger partial charge in [-0.25, -0.2) is 9.97 Å². The predicted octanol–water partition coefficient (Wildman–Crippen LogP) is 8.51. The van der Waals surface area contributed by atoms with Gasteiger partial charge in [0, 0.05) is 39.0 Å². The molecule has 0 saturated heterocycles. The molecule has 0 radical (unpaired) electrons. The maximum Gasteiger partial charge on any atom is 0.235 e. The van der Waals surface area contributed by atoms with Crippen LogP contribution in [-0.4, -0.2) is 15.0 Å². The van der Waals surface area contributed by atoms with Crippen LogP contribution in [0.5, 0.6) is 0 Å². The molecular formula is C31H18N4S. The Balaban J connectivity index is 1.51. The van der Waals surface area contributed by atoms with Crippen LogP contribution in [0.2, 0.25) is 0 Å². The maximum absolute atomic E-state index is 5.25. The van der Waals surface area contributed by atoms with Crippen molar-refractivity contribution in [1.29, 1.82) is 0 Å². The molecule has 0 amide bonds. The van der Waals surface area contributed by atoms with Crippen LogP contribution in [0.25, 0.3) is 53.5 Å². The predicted molar refractivity (Wildman–Crippen MR) is 149 cm³/mol. The van der Waals surface area contributed by atoms with Crippen molar-refractivity contribution in [3.05, 3.63) is 109 Å². The van der Waals surface area contributed by atoms with Gasteiger partial charge in [0.05, 0.1) is 27.3 Å². The Morgan fingerprint density at radius 2 is 1.39 bits per heavy atom. The van der Waals surface area contributed by atoms with Crippen LogP contribution in [0.1, 0.15) is 0 Å². The van der Waals surface area contributed by atoms with Gasteiger partial charge in [-0.2, -0.15) is 0 Å². The zero-order valence-electron chi connectivity index (χ0n) is 19.1. The first-order valence-corrected chi connectivity index (χ1v) is 12.7. The summed E-state index contributed by atoms with van der Waals surface area (Å²) in [6.07, 6.45) is 3.65. The second-order valence-corrected chi connectivity index (χ2v) is 9.97. The highest BCUT2D eigenvalue weighted by Crippen LogP contribution is 2.50. The zero-order chi connectivity index (χ0) is 23.6. The topological polar surface area (TPSA) is 41.9 Å². The number of hydrogen-bond acceptors (Lipinski definition) is 5. The summed E-state index contributed by atoms with van der Waals surface area (Å²) in [6, 6.07) is 34.0. The first-order valence-electron chi connectivity index (χ1n) is 11.9. The Labute approximate surface area is 211 Å². The first-order chi connectivity index (χ1) is 17.9. The molecule has 0 N–H and O–H groups in total. The fourth-order valence-corrected chi connectivity index (χ4v) is 6.51. The maximum atomic E-state index is 5.25. The van der Waals surface area contributed by atoms with Gasteiger partial charge in [-0.3, -0.25) is 9.88 Å². The lowest BCUT2D eigenvalue weighted by Gasteiger charge is -2.32. The highest BCUT2D eigenvalue weighted by atomic mass is 32.1. The van der Waals surface area contributed by atoms with Crippen LogP contribution in [-0.2, 0) is 0 Å². The van der Waals surface area contributed by atoms with E-state index in [0.29, 0.717) is 5.95 Å². The molecule has 4 nitrogen and oxygen atoms in total. The summed E-state index contributed by atoms with van der Waals surface area (Å²) in [5.41, 5.74) is 7.56. The molecule has 3 aromatic heterocycles. The van der Waals surface area contributed by atoms with Gasteiger partial charge >= 0.3 is 0 Å². The molecule has 168 valence electrons. The molecule has 0 fully saturated rings. The van der Waals surface area contributed by atoms with E-state index >= 15 is 0 Å². The van der Waals surface area contributed by atoms with E-state index in [0.717, 1.165) is 38.2 Å². The molecule has 1 aliphatic heterocycles. The molecule has 0 aliphatic carbocycles. The summed E-state index contributed by atoms with van der Waals surface area (Å²) >= 11 is 1.74. The molecule has 0 unspecified atom stereocenters. The van der Waals surface area contributed by atoms with Gasteiger partial charge in [0.1, 0.15) is 0 Å². The largest absolute Gasteiger partial charge is 0.278 e. The van der Waals surface area contributed by atoms with Crippen LogP contribution < -0.4 is 4.90 Å². The Hall–Kier alpha value is -4.61. The lowest BCUT2D eigenvalue weighted by molar-refractivity contribution is 1.12. The lowest BCUT2D eigenvalue weighted by Crippen LogP contribution is -2.17. The number of nitrogens with zero attached hydrogens (tertiary/aromatic N) is 4. The summed E-state index contributed by atoms with van der Waals surface area (Å²) in [6.45, 7) is 0. The zero-order valence-corrected chi connectivity index (χ0v) is 19.9. The molecule has 0 atom stereocenters. The van der Waals surface area contributed by atoms with Gasteiger partial charge in [0.15, 0.2) is 0 Å². The second kappa shape index (κ2) is 7.44. The summed E-state index contributed by atoms with van der Waals surface area (Å²) in [5.74, 6) is 0.673. The molecule has 0 spiro atoms. The third-order valence-corrected chi connectivity index (χ3v) is 8.09. The molecule has 1 aliphatic rings. The van der Waals surface area contributed by atoms with Crippen LogP contribution >= 0.6 is 11.3 Å². The molecule has 8 rings (SSSR count). The lowest BCUT2D eigenvalue weighted by atomic mass is 9.91. The van der Waals surface area contributed by atoms with Crippen molar-refractivity contribution in [1.82, 2.24) is 15.0 Å². The fraction of sp³-hybridized carbons (Fsp3) is 0. The number of thiophene rings is 1. The molecule has 4 heterocycles. The quantitative estimate of drug-likeness (QED) is 0.250. The highest BCUT2D eigenvalue weighted by Gasteiger charge is 2.28. The number of benzene rings is 4. The third kappa shape index (κ3) is 2.72. The molecule has 36 heavy (non-hydrogen) atoms. The molecule has 7 aromatic rings. The van der Waals surface area contributed by atoms with Crippen LogP contribution in [0.3, 0.4) is 0 Å². The van der Waals surface area contributed by atoms with E-state index in [1.54, 1.807) is 11.3 Å². The van der Waals surface area contributed by atoms with E-state index < -0.39 is 0 Å². The molecule has 0 saturated carbocycles. The van der Waals surface area contributed by atoms with E-state index in [9.17, 15) is 0 Å². The van der Waals surface area contributed by atoms with Gasteiger partial charge in [0.2, 0.25) is 5.95 Å². The van der Waals surface area contributed by atoms with Crippen LogP contribution in [0.4, 0.5) is 17.3 Å². The van der Waals surface area contributed by atoms with E-state index in [2.05, 4.69) is 94.8 Å². The third-order valence-electron chi connectivity index (χ3n) is 6.92. The number of hydrogen-bond donors (Lipinski definition) is 0. The SMILES string of the molecule is c1ccc2c(c1)-c1cccc3cccc(c13)N2c1nc(-c2ccncc2)c2sc3ccccc3c2n1. The molecule has 5 heteroatoms. The normalized spacial score (nSPS) is 12.4. The number of anilines is 3. The second-order valence-electron chi connectivity index (χ2n) is 8.92. The summed E-state index contributed by atoms with van der Waals surface area (Å²) < 4.78 is 2.30. The number of fused-ring (bicyclic) bond motifs is 5. The van der Waals surface area contributed by atoms with Gasteiger partial charge in [-0.15, -0.1) is 11.3 Å². The van der Waals surface area contributed by atoms with Gasteiger partial charge in [0.25, 0.3) is 0 Å². The van der Waals surface area contributed by atoms with Crippen molar-refractivity contribution in [2.45, 2.75) is 0 Å². The Morgan fingerprint density at radius 1 is 0.639 bits per heavy atom. The average molecular weight is 479 g/mol. The molecular weight excluding hydrogens is 460 g/mol. The minimum absolute atomic E-state index is 0.673. The van der Waals surface area contributed by atoms with Gasteiger partial charge < -0.3 is 0 Å². The minimum Gasteiger partial charge on any atom is -0.278 e. The Morgan fingerprint density at radius 3 is 2.31 bits per heavy atom. The first kappa shape index (κ1) is 19.7. The van der Waals surface area contributed by atoms with Crippen molar-refractivity contribution in [3.63, 3.8) is 0 Å². The number of aromatic nitrogens is 3. The summed E-state index contributed by atoms with van der Waals surface area (Å²) in [7, 11) is 0. The van der Waals surface area contributed by atoms with Crippen molar-refractivity contribution >= 4 is 59.7 Å². The summed E-state index contributed by atoms with van der Waals surface area (Å²) in [4.78, 5) is 16.9. The number of pyridine rings is 1. The summed E-state index contributed by atoms with van der Waals surface area (Å²) in [5, 5.41) is 3.59. The minimum atomic E-state index is 0.673. The van der Waals surface area contributed by atoms with Crippen LogP contribution in [0.15, 0.2) is 109 Å². The van der Waals surface area contributed by atoms with Crippen molar-refractivity contribution in [2.24, 2.45) is 0 Å².